The first-order valence-electron chi connectivity index (χ1n) is 7.76. The van der Waals surface area contributed by atoms with Crippen molar-refractivity contribution in [3.63, 3.8) is 0 Å². The summed E-state index contributed by atoms with van der Waals surface area (Å²) in [5.74, 6) is 2.02. The molecule has 0 saturated heterocycles. The Kier molecular flexibility index (Phi) is 5.46. The first-order valence-corrected chi connectivity index (χ1v) is 7.76. The molecule has 1 aromatic rings. The van der Waals surface area contributed by atoms with Crippen LogP contribution < -0.4 is 14.8 Å². The van der Waals surface area contributed by atoms with Crippen molar-refractivity contribution in [2.24, 2.45) is 5.92 Å². The van der Waals surface area contributed by atoms with E-state index in [1.165, 1.54) is 0 Å². The summed E-state index contributed by atoms with van der Waals surface area (Å²) >= 11 is 0. The fourth-order valence-corrected chi connectivity index (χ4v) is 2.40. The van der Waals surface area contributed by atoms with Crippen LogP contribution in [0.5, 0.6) is 11.5 Å². The molecule has 1 aliphatic carbocycles. The van der Waals surface area contributed by atoms with Crippen LogP contribution in [0.4, 0.5) is 0 Å². The van der Waals surface area contributed by atoms with Crippen LogP contribution in [0.3, 0.4) is 0 Å². The smallest absolute Gasteiger partial charge is 0.143 e. The number of nitriles is 1. The van der Waals surface area contributed by atoms with Crippen LogP contribution in [0.15, 0.2) is 24.3 Å². The van der Waals surface area contributed by atoms with Gasteiger partial charge in [-0.05, 0) is 62.9 Å². The predicted octanol–water partition coefficient (Wildman–Crippen LogP) is 3.14. The van der Waals surface area contributed by atoms with Gasteiger partial charge < -0.3 is 9.47 Å². The molecular formula is C17H24N2O2. The molecule has 2 rings (SSSR count). The zero-order chi connectivity index (χ0) is 15.1. The summed E-state index contributed by atoms with van der Waals surface area (Å²) in [4.78, 5) is 0. The molecule has 21 heavy (non-hydrogen) atoms. The molecule has 4 nitrogen and oxygen atoms in total. The van der Waals surface area contributed by atoms with E-state index in [2.05, 4.69) is 18.3 Å². The molecule has 0 radical (unpaired) electrons. The molecule has 0 heterocycles. The van der Waals surface area contributed by atoms with Crippen LogP contribution in [0.25, 0.3) is 0 Å². The van der Waals surface area contributed by atoms with Crippen LogP contribution in [0.2, 0.25) is 0 Å². The minimum absolute atomic E-state index is 0.391. The highest BCUT2D eigenvalue weighted by Gasteiger charge is 2.46. The molecular weight excluding hydrogens is 264 g/mol. The van der Waals surface area contributed by atoms with Gasteiger partial charge in [0.1, 0.15) is 23.6 Å². The third-order valence-corrected chi connectivity index (χ3v) is 3.77. The molecule has 0 bridgehead atoms. The second-order valence-electron chi connectivity index (χ2n) is 5.48. The van der Waals surface area contributed by atoms with E-state index in [1.54, 1.807) is 0 Å². The molecule has 1 N–H and O–H groups in total. The first kappa shape index (κ1) is 15.7. The topological polar surface area (TPSA) is 54.3 Å². The molecule has 1 aromatic carbocycles. The maximum absolute atomic E-state index is 9.59. The summed E-state index contributed by atoms with van der Waals surface area (Å²) in [6.07, 6.45) is 3.23. The van der Waals surface area contributed by atoms with Crippen LogP contribution >= 0.6 is 0 Å². The average Bonchev–Trinajstić information content (AvgIpc) is 3.35. The van der Waals surface area contributed by atoms with Crippen molar-refractivity contribution in [3.8, 4) is 17.6 Å². The van der Waals surface area contributed by atoms with Crippen molar-refractivity contribution in [2.45, 2.75) is 38.6 Å². The summed E-state index contributed by atoms with van der Waals surface area (Å²) in [7, 11) is 0. The van der Waals surface area contributed by atoms with Crippen molar-refractivity contribution in [3.05, 3.63) is 24.3 Å². The van der Waals surface area contributed by atoms with Crippen molar-refractivity contribution in [2.75, 3.05) is 19.8 Å². The standard InChI is InChI=1S/C17H24N2O2/c1-3-11-19-17(12-18,14-5-6-14)13-21-16-9-7-15(8-10-16)20-4-2/h7-10,14,19H,3-6,11,13H2,1-2H3. The van der Waals surface area contributed by atoms with Crippen LogP contribution in [0.1, 0.15) is 33.1 Å². The third-order valence-electron chi connectivity index (χ3n) is 3.77. The van der Waals surface area contributed by atoms with Gasteiger partial charge in [0.15, 0.2) is 0 Å². The van der Waals surface area contributed by atoms with Gasteiger partial charge in [-0.1, -0.05) is 6.92 Å². The van der Waals surface area contributed by atoms with E-state index in [-0.39, 0.29) is 0 Å². The second-order valence-corrected chi connectivity index (χ2v) is 5.48. The Morgan fingerprint density at radius 2 is 1.81 bits per heavy atom. The van der Waals surface area contributed by atoms with Crippen molar-refractivity contribution < 1.29 is 9.47 Å². The monoisotopic (exact) mass is 288 g/mol. The van der Waals surface area contributed by atoms with Crippen molar-refractivity contribution in [1.82, 2.24) is 5.32 Å². The van der Waals surface area contributed by atoms with Gasteiger partial charge in [0, 0.05) is 0 Å². The summed E-state index contributed by atoms with van der Waals surface area (Å²) < 4.78 is 11.3. The van der Waals surface area contributed by atoms with Gasteiger partial charge >= 0.3 is 0 Å². The lowest BCUT2D eigenvalue weighted by Crippen LogP contribution is -2.51. The minimum Gasteiger partial charge on any atom is -0.494 e. The number of rotatable bonds is 9. The van der Waals surface area contributed by atoms with E-state index >= 15 is 0 Å². The van der Waals surface area contributed by atoms with Gasteiger partial charge in [0.25, 0.3) is 0 Å². The summed E-state index contributed by atoms with van der Waals surface area (Å²) in [6.45, 7) is 5.95. The number of hydrogen-bond donors (Lipinski definition) is 1. The fourth-order valence-electron chi connectivity index (χ4n) is 2.40. The first-order chi connectivity index (χ1) is 10.2. The Labute approximate surface area is 127 Å². The molecule has 114 valence electrons. The average molecular weight is 288 g/mol. The van der Waals surface area contributed by atoms with Crippen LogP contribution in [-0.2, 0) is 0 Å². The van der Waals surface area contributed by atoms with E-state index in [4.69, 9.17) is 9.47 Å². The Morgan fingerprint density at radius 3 is 2.29 bits per heavy atom. The normalized spacial score (nSPS) is 16.8. The minimum atomic E-state index is -0.547. The Morgan fingerprint density at radius 1 is 1.19 bits per heavy atom. The molecule has 1 saturated carbocycles. The van der Waals surface area contributed by atoms with Gasteiger partial charge in [0.2, 0.25) is 0 Å². The largest absolute Gasteiger partial charge is 0.494 e. The number of hydrogen-bond acceptors (Lipinski definition) is 4. The lowest BCUT2D eigenvalue weighted by Gasteiger charge is -2.28. The number of ether oxygens (including phenoxy) is 2. The highest BCUT2D eigenvalue weighted by Crippen LogP contribution is 2.39. The zero-order valence-corrected chi connectivity index (χ0v) is 12.9. The SMILES string of the molecule is CCCNC(C#N)(COc1ccc(OCC)cc1)C1CC1. The third kappa shape index (κ3) is 4.12. The maximum Gasteiger partial charge on any atom is 0.143 e. The molecule has 0 aromatic heterocycles. The lowest BCUT2D eigenvalue weighted by atomic mass is 9.96. The van der Waals surface area contributed by atoms with Gasteiger partial charge in [-0.15, -0.1) is 0 Å². The number of nitrogens with zero attached hydrogens (tertiary/aromatic N) is 1. The summed E-state index contributed by atoms with van der Waals surface area (Å²) in [5.41, 5.74) is -0.547. The summed E-state index contributed by atoms with van der Waals surface area (Å²) in [6, 6.07) is 10.0. The fraction of sp³-hybridized carbons (Fsp3) is 0.588. The van der Waals surface area contributed by atoms with E-state index in [0.717, 1.165) is 37.3 Å². The quantitative estimate of drug-likeness (QED) is 0.758. The molecule has 0 aliphatic heterocycles. The molecule has 0 spiro atoms. The van der Waals surface area contributed by atoms with E-state index in [1.807, 2.05) is 31.2 Å². The van der Waals surface area contributed by atoms with Gasteiger partial charge in [0.05, 0.1) is 12.7 Å². The molecule has 1 aliphatic rings. The summed E-state index contributed by atoms with van der Waals surface area (Å²) in [5, 5.41) is 13.0. The molecule has 1 atom stereocenters. The molecule has 1 unspecified atom stereocenters. The Hall–Kier alpha value is -1.73. The highest BCUT2D eigenvalue weighted by atomic mass is 16.5. The van der Waals surface area contributed by atoms with Gasteiger partial charge in [-0.3, -0.25) is 5.32 Å². The van der Waals surface area contributed by atoms with Gasteiger partial charge in [-0.25, -0.2) is 0 Å². The zero-order valence-electron chi connectivity index (χ0n) is 12.9. The van der Waals surface area contributed by atoms with Crippen molar-refractivity contribution in [1.29, 1.82) is 5.26 Å². The second kappa shape index (κ2) is 7.33. The van der Waals surface area contributed by atoms with E-state index in [9.17, 15) is 5.26 Å². The van der Waals surface area contributed by atoms with E-state index in [0.29, 0.717) is 19.1 Å². The highest BCUT2D eigenvalue weighted by molar-refractivity contribution is 5.31. The van der Waals surface area contributed by atoms with E-state index < -0.39 is 5.54 Å². The van der Waals surface area contributed by atoms with Gasteiger partial charge in [-0.2, -0.15) is 5.26 Å². The molecule has 4 heteroatoms. The Bertz CT molecular complexity index is 477. The van der Waals surface area contributed by atoms with Crippen molar-refractivity contribution >= 4 is 0 Å². The Balaban J connectivity index is 1.96. The predicted molar refractivity (Wildman–Crippen MR) is 82.5 cm³/mol. The lowest BCUT2D eigenvalue weighted by molar-refractivity contribution is 0.202. The molecule has 0 amide bonds. The molecule has 1 fully saturated rings. The van der Waals surface area contributed by atoms with Crippen LogP contribution in [-0.4, -0.2) is 25.3 Å². The maximum atomic E-state index is 9.59. The number of benzene rings is 1. The van der Waals surface area contributed by atoms with Crippen LogP contribution in [0, 0.1) is 17.2 Å². The number of nitrogens with one attached hydrogen (secondary N) is 1.